The number of carbonyl (C=O) groups excluding carboxylic acids is 1. The first-order valence-corrected chi connectivity index (χ1v) is 11.2. The number of amidine groups is 1. The molecule has 1 fully saturated rings. The molecule has 1 atom stereocenters. The van der Waals surface area contributed by atoms with E-state index >= 15 is 0 Å². The fraction of sp³-hybridized carbons (Fsp3) is 0.333. The van der Waals surface area contributed by atoms with Gasteiger partial charge < -0.3 is 5.32 Å². The molecule has 2 aliphatic heterocycles. The minimum absolute atomic E-state index is 0.0766. The molecule has 0 unspecified atom stereocenters. The van der Waals surface area contributed by atoms with Crippen molar-refractivity contribution in [3.05, 3.63) is 65.7 Å². The zero-order valence-corrected chi connectivity index (χ0v) is 16.9. The van der Waals surface area contributed by atoms with Gasteiger partial charge in [-0.25, -0.2) is 8.42 Å². The van der Waals surface area contributed by atoms with Gasteiger partial charge in [-0.05, 0) is 37.1 Å². The number of likely N-dealkylation sites (tertiary alicyclic amines) is 1. The van der Waals surface area contributed by atoms with Crippen LogP contribution in [0.2, 0.25) is 0 Å². The van der Waals surface area contributed by atoms with Gasteiger partial charge in [0.2, 0.25) is 5.91 Å². The minimum atomic E-state index is -3.59. The normalized spacial score (nSPS) is 22.1. The molecule has 0 radical (unpaired) electrons. The number of sulfonamides is 1. The van der Waals surface area contributed by atoms with Crippen molar-refractivity contribution in [2.45, 2.75) is 30.3 Å². The molecule has 2 aliphatic rings. The lowest BCUT2D eigenvalue weighted by Gasteiger charge is -2.33. The molecule has 0 spiro atoms. The number of piperidine rings is 1. The fourth-order valence-corrected chi connectivity index (χ4v) is 5.08. The highest BCUT2D eigenvalue weighted by Gasteiger charge is 2.30. The summed E-state index contributed by atoms with van der Waals surface area (Å²) in [5.41, 5.74) is 1.77. The average Bonchev–Trinajstić information content (AvgIpc) is 2.98. The number of rotatable bonds is 5. The smallest absolute Gasteiger partial charge is 0.263 e. The summed E-state index contributed by atoms with van der Waals surface area (Å²) in [5, 5.41) is 3.04. The van der Waals surface area contributed by atoms with E-state index in [1.54, 1.807) is 18.2 Å². The van der Waals surface area contributed by atoms with Crippen molar-refractivity contribution in [1.29, 1.82) is 0 Å². The zero-order valence-electron chi connectivity index (χ0n) is 16.0. The van der Waals surface area contributed by atoms with E-state index in [4.69, 9.17) is 0 Å². The predicted molar refractivity (Wildman–Crippen MR) is 111 cm³/mol. The Kier molecular flexibility index (Phi) is 5.64. The summed E-state index contributed by atoms with van der Waals surface area (Å²) in [6, 6.07) is 17.0. The summed E-state index contributed by atoms with van der Waals surface area (Å²) >= 11 is 0. The lowest BCUT2D eigenvalue weighted by Crippen LogP contribution is -2.48. The number of aliphatic imine (C=N–C) groups is 1. The second kappa shape index (κ2) is 8.34. The monoisotopic (exact) mass is 412 g/mol. The molecule has 2 aromatic carbocycles. The van der Waals surface area contributed by atoms with Crippen molar-refractivity contribution < 1.29 is 13.2 Å². The Balaban J connectivity index is 1.34. The zero-order chi connectivity index (χ0) is 20.3. The Hall–Kier alpha value is -2.71. The molecule has 0 aromatic heterocycles. The molecule has 7 nitrogen and oxygen atoms in total. The van der Waals surface area contributed by atoms with Gasteiger partial charge in [0.1, 0.15) is 12.4 Å². The van der Waals surface area contributed by atoms with E-state index in [0.717, 1.165) is 32.5 Å². The van der Waals surface area contributed by atoms with Gasteiger partial charge in [0.25, 0.3) is 10.0 Å². The molecule has 4 rings (SSSR count). The number of hydrogen-bond donors (Lipinski definition) is 2. The highest BCUT2D eigenvalue weighted by atomic mass is 32.2. The summed E-state index contributed by atoms with van der Waals surface area (Å²) in [6.07, 6.45) is 1.96. The average molecular weight is 413 g/mol. The van der Waals surface area contributed by atoms with E-state index in [1.165, 1.54) is 11.6 Å². The number of amides is 1. The van der Waals surface area contributed by atoms with Gasteiger partial charge in [-0.2, -0.15) is 0 Å². The van der Waals surface area contributed by atoms with Crippen molar-refractivity contribution in [2.75, 3.05) is 19.6 Å². The number of fused-ring (bicyclic) bond motifs is 1. The fourth-order valence-electron chi connectivity index (χ4n) is 3.83. The maximum atomic E-state index is 12.4. The predicted octanol–water partition coefficient (Wildman–Crippen LogP) is 1.51. The molecule has 2 N–H and O–H groups in total. The van der Waals surface area contributed by atoms with Crippen molar-refractivity contribution >= 4 is 21.8 Å². The molecule has 0 saturated carbocycles. The van der Waals surface area contributed by atoms with E-state index in [0.29, 0.717) is 5.56 Å². The second-order valence-corrected chi connectivity index (χ2v) is 9.04. The quantitative estimate of drug-likeness (QED) is 0.779. The van der Waals surface area contributed by atoms with Crippen molar-refractivity contribution in [3.8, 4) is 0 Å². The SMILES string of the molecule is O=C(CN=C1NS(=O)(=O)c2ccccc21)N[C@@H]1CCCN(Cc2ccccc2)C1. The van der Waals surface area contributed by atoms with Crippen LogP contribution in [0.1, 0.15) is 24.0 Å². The van der Waals surface area contributed by atoms with E-state index in [1.807, 2.05) is 18.2 Å². The van der Waals surface area contributed by atoms with Gasteiger partial charge in [-0.15, -0.1) is 0 Å². The maximum absolute atomic E-state index is 12.4. The molecule has 2 heterocycles. The van der Waals surface area contributed by atoms with Crippen molar-refractivity contribution in [1.82, 2.24) is 14.9 Å². The molecule has 2 aromatic rings. The summed E-state index contributed by atoms with van der Waals surface area (Å²) in [6.45, 7) is 2.57. The summed E-state index contributed by atoms with van der Waals surface area (Å²) in [5.74, 6) is 0.0257. The first-order valence-electron chi connectivity index (χ1n) is 9.73. The Morgan fingerprint density at radius 2 is 1.90 bits per heavy atom. The summed E-state index contributed by atoms with van der Waals surface area (Å²) in [4.78, 5) is 19.1. The van der Waals surface area contributed by atoms with Crippen LogP contribution in [0.5, 0.6) is 0 Å². The lowest BCUT2D eigenvalue weighted by atomic mass is 10.0. The van der Waals surface area contributed by atoms with Crippen molar-refractivity contribution in [2.24, 2.45) is 4.99 Å². The van der Waals surface area contributed by atoms with Crippen LogP contribution in [0, 0.1) is 0 Å². The Morgan fingerprint density at radius 3 is 2.72 bits per heavy atom. The summed E-state index contributed by atoms with van der Waals surface area (Å²) < 4.78 is 26.6. The third kappa shape index (κ3) is 4.65. The molecule has 1 saturated heterocycles. The number of carbonyl (C=O) groups is 1. The molecule has 29 heavy (non-hydrogen) atoms. The van der Waals surface area contributed by atoms with Crippen LogP contribution in [-0.2, 0) is 21.4 Å². The third-order valence-corrected chi connectivity index (χ3v) is 6.56. The third-order valence-electron chi connectivity index (χ3n) is 5.16. The molecule has 0 bridgehead atoms. The molecular formula is C21H24N4O3S. The van der Waals surface area contributed by atoms with Gasteiger partial charge in [0.15, 0.2) is 0 Å². The van der Waals surface area contributed by atoms with Crippen LogP contribution in [0.25, 0.3) is 0 Å². The highest BCUT2D eigenvalue weighted by molar-refractivity contribution is 7.90. The number of nitrogens with zero attached hydrogens (tertiary/aromatic N) is 2. The van der Waals surface area contributed by atoms with Crippen LogP contribution >= 0.6 is 0 Å². The van der Waals surface area contributed by atoms with Gasteiger partial charge >= 0.3 is 0 Å². The number of nitrogens with one attached hydrogen (secondary N) is 2. The Labute approximate surface area is 170 Å². The standard InChI is InChI=1S/C21H24N4O3S/c26-20(13-22-21-18-10-4-5-11-19(18)29(27,28)24-21)23-17-9-6-12-25(15-17)14-16-7-2-1-3-8-16/h1-5,7-8,10-11,17H,6,9,12-15H2,(H,22,24)(H,23,26)/t17-/m1/s1. The van der Waals surface area contributed by atoms with Crippen LogP contribution < -0.4 is 10.0 Å². The molecule has 1 amide bonds. The number of hydrogen-bond acceptors (Lipinski definition) is 5. The van der Waals surface area contributed by atoms with Gasteiger partial charge in [0, 0.05) is 24.7 Å². The molecular weight excluding hydrogens is 388 g/mol. The van der Waals surface area contributed by atoms with Crippen LogP contribution in [0.4, 0.5) is 0 Å². The largest absolute Gasteiger partial charge is 0.350 e. The molecule has 8 heteroatoms. The van der Waals surface area contributed by atoms with Crippen LogP contribution in [-0.4, -0.2) is 50.7 Å². The number of benzene rings is 2. The van der Waals surface area contributed by atoms with E-state index in [2.05, 4.69) is 32.1 Å². The van der Waals surface area contributed by atoms with Gasteiger partial charge in [-0.1, -0.05) is 42.5 Å². The Bertz CT molecular complexity index is 1020. The first-order chi connectivity index (χ1) is 14.0. The van der Waals surface area contributed by atoms with E-state index < -0.39 is 10.0 Å². The van der Waals surface area contributed by atoms with E-state index in [-0.39, 0.29) is 29.2 Å². The van der Waals surface area contributed by atoms with Crippen LogP contribution in [0.3, 0.4) is 0 Å². The molecule has 152 valence electrons. The first kappa shape index (κ1) is 19.6. The van der Waals surface area contributed by atoms with Gasteiger partial charge in [0.05, 0.1) is 4.90 Å². The maximum Gasteiger partial charge on any atom is 0.263 e. The lowest BCUT2D eigenvalue weighted by molar-refractivity contribution is -0.120. The van der Waals surface area contributed by atoms with Crippen LogP contribution in [0.15, 0.2) is 64.5 Å². The van der Waals surface area contributed by atoms with Crippen molar-refractivity contribution in [3.63, 3.8) is 0 Å². The Morgan fingerprint density at radius 1 is 1.14 bits per heavy atom. The highest BCUT2D eigenvalue weighted by Crippen LogP contribution is 2.22. The topological polar surface area (TPSA) is 90.9 Å². The summed E-state index contributed by atoms with van der Waals surface area (Å²) in [7, 11) is -3.59. The van der Waals surface area contributed by atoms with Gasteiger partial charge in [-0.3, -0.25) is 19.4 Å². The second-order valence-electron chi connectivity index (χ2n) is 7.39. The minimum Gasteiger partial charge on any atom is -0.350 e. The van der Waals surface area contributed by atoms with E-state index in [9.17, 15) is 13.2 Å². The molecule has 0 aliphatic carbocycles.